The van der Waals surface area contributed by atoms with Crippen molar-refractivity contribution in [1.82, 2.24) is 25.2 Å². The van der Waals surface area contributed by atoms with Gasteiger partial charge in [0.05, 0.1) is 5.69 Å². The van der Waals surface area contributed by atoms with E-state index in [2.05, 4.69) is 15.6 Å². The number of nitrogens with zero attached hydrogens (tertiary/aromatic N) is 4. The minimum absolute atomic E-state index is 0.234. The molecule has 0 radical (unpaired) electrons. The van der Waals surface area contributed by atoms with Crippen LogP contribution in [0.15, 0.2) is 6.20 Å². The summed E-state index contributed by atoms with van der Waals surface area (Å²) in [7, 11) is 3.70. The van der Waals surface area contributed by atoms with Crippen LogP contribution >= 0.6 is 0 Å². The topological polar surface area (TPSA) is 63.1 Å². The highest BCUT2D eigenvalue weighted by Gasteiger charge is 2.22. The second-order valence-electron chi connectivity index (χ2n) is 4.27. The van der Waals surface area contributed by atoms with Gasteiger partial charge in [-0.1, -0.05) is 5.21 Å². The van der Waals surface area contributed by atoms with Gasteiger partial charge in [0.15, 0.2) is 0 Å². The first-order valence-electron chi connectivity index (χ1n) is 5.47. The Kier molecular flexibility index (Phi) is 3.19. The first-order chi connectivity index (χ1) is 7.65. The molecule has 88 valence electrons. The summed E-state index contributed by atoms with van der Waals surface area (Å²) in [5, 5.41) is 11.3. The normalized spacial score (nSPS) is 21.5. The van der Waals surface area contributed by atoms with E-state index in [0.29, 0.717) is 19.0 Å². The van der Waals surface area contributed by atoms with Crippen LogP contribution in [0.3, 0.4) is 0 Å². The van der Waals surface area contributed by atoms with E-state index in [-0.39, 0.29) is 5.91 Å². The van der Waals surface area contributed by atoms with E-state index < -0.39 is 0 Å². The van der Waals surface area contributed by atoms with Crippen LogP contribution in [0.5, 0.6) is 0 Å². The fourth-order valence-corrected chi connectivity index (χ4v) is 1.90. The minimum Gasteiger partial charge on any atom is -0.344 e. The van der Waals surface area contributed by atoms with Crippen molar-refractivity contribution in [3.05, 3.63) is 11.9 Å². The standard InChI is InChI=1S/C10H17N5O/c1-14-6-8(3-4-10(14)16)11-5-9-7-15(2)13-12-9/h7-8,11H,3-6H2,1-2H3. The molecule has 16 heavy (non-hydrogen) atoms. The summed E-state index contributed by atoms with van der Waals surface area (Å²) in [6.07, 6.45) is 3.43. The molecule has 1 aromatic rings. The molecule has 1 aromatic heterocycles. The second-order valence-corrected chi connectivity index (χ2v) is 4.27. The number of amides is 1. The molecule has 0 aromatic carbocycles. The Morgan fingerprint density at radius 2 is 2.38 bits per heavy atom. The van der Waals surface area contributed by atoms with Crippen LogP contribution in [-0.4, -0.2) is 45.4 Å². The molecular formula is C10H17N5O. The number of piperidine rings is 1. The maximum absolute atomic E-state index is 11.3. The van der Waals surface area contributed by atoms with E-state index in [1.54, 1.807) is 9.58 Å². The molecule has 0 aliphatic carbocycles. The highest BCUT2D eigenvalue weighted by Crippen LogP contribution is 2.09. The van der Waals surface area contributed by atoms with Crippen molar-refractivity contribution in [1.29, 1.82) is 0 Å². The van der Waals surface area contributed by atoms with E-state index >= 15 is 0 Å². The Balaban J connectivity index is 1.80. The van der Waals surface area contributed by atoms with Gasteiger partial charge in [0.2, 0.25) is 5.91 Å². The van der Waals surface area contributed by atoms with Crippen LogP contribution in [-0.2, 0) is 18.4 Å². The van der Waals surface area contributed by atoms with Crippen molar-refractivity contribution in [2.45, 2.75) is 25.4 Å². The Morgan fingerprint density at radius 1 is 1.56 bits per heavy atom. The molecule has 1 amide bonds. The van der Waals surface area contributed by atoms with Gasteiger partial charge < -0.3 is 10.2 Å². The second kappa shape index (κ2) is 4.61. The van der Waals surface area contributed by atoms with E-state index in [9.17, 15) is 4.79 Å². The predicted molar refractivity (Wildman–Crippen MR) is 58.5 cm³/mol. The van der Waals surface area contributed by atoms with Gasteiger partial charge in [-0.3, -0.25) is 9.48 Å². The lowest BCUT2D eigenvalue weighted by molar-refractivity contribution is -0.132. The first-order valence-corrected chi connectivity index (χ1v) is 5.47. The highest BCUT2D eigenvalue weighted by atomic mass is 16.2. The molecule has 0 bridgehead atoms. The summed E-state index contributed by atoms with van der Waals surface area (Å²) < 4.78 is 1.69. The largest absolute Gasteiger partial charge is 0.344 e. The van der Waals surface area contributed by atoms with Gasteiger partial charge in [-0.05, 0) is 6.42 Å². The number of hydrogen-bond donors (Lipinski definition) is 1. The van der Waals surface area contributed by atoms with Crippen molar-refractivity contribution in [3.63, 3.8) is 0 Å². The number of hydrogen-bond acceptors (Lipinski definition) is 4. The van der Waals surface area contributed by atoms with Crippen molar-refractivity contribution in [2.24, 2.45) is 7.05 Å². The number of carbonyl (C=O) groups excluding carboxylic acids is 1. The molecule has 1 N–H and O–H groups in total. The smallest absolute Gasteiger partial charge is 0.222 e. The van der Waals surface area contributed by atoms with E-state index in [1.165, 1.54) is 0 Å². The van der Waals surface area contributed by atoms with E-state index in [4.69, 9.17) is 0 Å². The number of carbonyl (C=O) groups is 1. The maximum atomic E-state index is 11.3. The van der Waals surface area contributed by atoms with E-state index in [0.717, 1.165) is 18.7 Å². The number of aromatic nitrogens is 3. The summed E-state index contributed by atoms with van der Waals surface area (Å²) in [5.41, 5.74) is 0.932. The third kappa shape index (κ3) is 2.57. The lowest BCUT2D eigenvalue weighted by Crippen LogP contribution is -2.46. The molecule has 1 aliphatic rings. The predicted octanol–water partition coefficient (Wildman–Crippen LogP) is -0.474. The molecule has 0 spiro atoms. The zero-order valence-electron chi connectivity index (χ0n) is 9.68. The monoisotopic (exact) mass is 223 g/mol. The molecule has 2 heterocycles. The Morgan fingerprint density at radius 3 is 3.00 bits per heavy atom. The minimum atomic E-state index is 0.234. The van der Waals surface area contributed by atoms with E-state index in [1.807, 2.05) is 20.3 Å². The maximum Gasteiger partial charge on any atom is 0.222 e. The van der Waals surface area contributed by atoms with Crippen molar-refractivity contribution >= 4 is 5.91 Å². The van der Waals surface area contributed by atoms with Crippen LogP contribution in [0, 0.1) is 0 Å². The van der Waals surface area contributed by atoms with Gasteiger partial charge >= 0.3 is 0 Å². The Hall–Kier alpha value is -1.43. The number of rotatable bonds is 3. The number of likely N-dealkylation sites (tertiary alicyclic amines) is 1. The Bertz CT molecular complexity index is 375. The van der Waals surface area contributed by atoms with Gasteiger partial charge in [-0.25, -0.2) is 0 Å². The molecule has 2 rings (SSSR count). The quantitative estimate of drug-likeness (QED) is 0.752. The lowest BCUT2D eigenvalue weighted by Gasteiger charge is -2.30. The van der Waals surface area contributed by atoms with Crippen molar-refractivity contribution in [2.75, 3.05) is 13.6 Å². The molecule has 1 unspecified atom stereocenters. The zero-order valence-corrected chi connectivity index (χ0v) is 9.68. The molecule has 1 aliphatic heterocycles. The molecular weight excluding hydrogens is 206 g/mol. The van der Waals surface area contributed by atoms with Crippen molar-refractivity contribution in [3.8, 4) is 0 Å². The first kappa shape index (κ1) is 11.1. The van der Waals surface area contributed by atoms with Gasteiger partial charge in [0, 0.05) is 45.8 Å². The average molecular weight is 223 g/mol. The SMILES string of the molecule is CN1CC(NCc2cn(C)nn2)CCC1=O. The summed E-state index contributed by atoms with van der Waals surface area (Å²) in [4.78, 5) is 13.1. The van der Waals surface area contributed by atoms with Crippen LogP contribution in [0.25, 0.3) is 0 Å². The molecule has 6 heteroatoms. The van der Waals surface area contributed by atoms with Crippen LogP contribution in [0.4, 0.5) is 0 Å². The number of aryl methyl sites for hydroxylation is 1. The van der Waals surface area contributed by atoms with Crippen LogP contribution in [0.2, 0.25) is 0 Å². The van der Waals surface area contributed by atoms with Gasteiger partial charge in [-0.15, -0.1) is 5.10 Å². The van der Waals surface area contributed by atoms with Crippen LogP contribution in [0.1, 0.15) is 18.5 Å². The molecule has 0 saturated carbocycles. The summed E-state index contributed by atoms with van der Waals surface area (Å²) in [5.74, 6) is 0.234. The number of nitrogens with one attached hydrogen (secondary N) is 1. The van der Waals surface area contributed by atoms with Gasteiger partial charge in [-0.2, -0.15) is 0 Å². The third-order valence-electron chi connectivity index (χ3n) is 2.85. The van der Waals surface area contributed by atoms with Gasteiger partial charge in [0.1, 0.15) is 0 Å². The van der Waals surface area contributed by atoms with Crippen LogP contribution < -0.4 is 5.32 Å². The van der Waals surface area contributed by atoms with Crippen molar-refractivity contribution < 1.29 is 4.79 Å². The summed E-state index contributed by atoms with van der Waals surface area (Å²) >= 11 is 0. The Labute approximate surface area is 94.6 Å². The summed E-state index contributed by atoms with van der Waals surface area (Å²) in [6, 6.07) is 0.365. The third-order valence-corrected chi connectivity index (χ3v) is 2.85. The highest BCUT2D eigenvalue weighted by molar-refractivity contribution is 5.76. The fraction of sp³-hybridized carbons (Fsp3) is 0.700. The fourth-order valence-electron chi connectivity index (χ4n) is 1.90. The average Bonchev–Trinajstić information content (AvgIpc) is 2.66. The molecule has 1 atom stereocenters. The molecule has 1 fully saturated rings. The zero-order chi connectivity index (χ0) is 11.5. The molecule has 1 saturated heterocycles. The molecule has 6 nitrogen and oxygen atoms in total. The van der Waals surface area contributed by atoms with Gasteiger partial charge in [0.25, 0.3) is 0 Å². The number of likely N-dealkylation sites (N-methyl/N-ethyl adjacent to an activating group) is 1. The summed E-state index contributed by atoms with van der Waals surface area (Å²) in [6.45, 7) is 1.49. The lowest BCUT2D eigenvalue weighted by atomic mass is 10.1.